The first-order chi connectivity index (χ1) is 13.5. The average Bonchev–Trinajstić information content (AvgIpc) is 2.69. The lowest BCUT2D eigenvalue weighted by molar-refractivity contribution is 0.101. The molecule has 144 valence electrons. The third-order valence-corrected chi connectivity index (χ3v) is 4.57. The summed E-state index contributed by atoms with van der Waals surface area (Å²) < 4.78 is 6.50. The average molecular weight is 398 g/mol. The Bertz CT molecular complexity index is 1080. The Hall–Kier alpha value is -3.12. The lowest BCUT2D eigenvalue weighted by Gasteiger charge is -2.16. The number of aromatic nitrogens is 2. The number of rotatable bonds is 6. The maximum atomic E-state index is 12.9. The van der Waals surface area contributed by atoms with Crippen LogP contribution in [-0.4, -0.2) is 22.7 Å². The summed E-state index contributed by atoms with van der Waals surface area (Å²) in [5.41, 5.74) is 1.82. The first kappa shape index (κ1) is 19.6. The van der Waals surface area contributed by atoms with Gasteiger partial charge >= 0.3 is 0 Å². The molecule has 0 bridgehead atoms. The Balaban J connectivity index is 2.23. The molecular formula is C21H20ClN3O3. The van der Waals surface area contributed by atoms with Crippen molar-refractivity contribution >= 4 is 28.8 Å². The van der Waals surface area contributed by atoms with Crippen LogP contribution >= 0.6 is 11.6 Å². The summed E-state index contributed by atoms with van der Waals surface area (Å²) in [5.74, 6) is 0.262. The molecule has 2 aromatic carbocycles. The summed E-state index contributed by atoms with van der Waals surface area (Å²) in [7, 11) is 1.52. The highest BCUT2D eigenvalue weighted by atomic mass is 35.5. The van der Waals surface area contributed by atoms with E-state index in [0.29, 0.717) is 28.7 Å². The molecule has 0 amide bonds. The number of nitrogens with one attached hydrogen (secondary N) is 1. The minimum absolute atomic E-state index is 0.171. The highest BCUT2D eigenvalue weighted by Gasteiger charge is 2.22. The molecule has 0 atom stereocenters. The number of nitrogens with zero attached hydrogens (tertiary/aromatic N) is 2. The van der Waals surface area contributed by atoms with Crippen molar-refractivity contribution < 1.29 is 9.53 Å². The van der Waals surface area contributed by atoms with E-state index < -0.39 is 0 Å². The van der Waals surface area contributed by atoms with E-state index in [9.17, 15) is 9.59 Å². The molecule has 6 nitrogen and oxygen atoms in total. The number of ether oxygens (including phenoxy) is 1. The number of aryl methyl sites for hydroxylation is 1. The standard InChI is InChI=1S/C21H20ClN3O3/c1-4-25-21(27)20(23-15-10-11-17(28-3)16(22)12-15)18(13(2)26)19(24-25)14-8-6-5-7-9-14/h5-12,23H,4H2,1-3H3. The Labute approximate surface area is 167 Å². The molecule has 3 aromatic rings. The minimum Gasteiger partial charge on any atom is -0.495 e. The highest BCUT2D eigenvalue weighted by Crippen LogP contribution is 2.31. The predicted octanol–water partition coefficient (Wildman–Crippen LogP) is 4.54. The fourth-order valence-electron chi connectivity index (χ4n) is 2.93. The normalized spacial score (nSPS) is 10.6. The van der Waals surface area contributed by atoms with Gasteiger partial charge in [-0.3, -0.25) is 9.59 Å². The Morgan fingerprint density at radius 1 is 1.21 bits per heavy atom. The molecule has 3 rings (SSSR count). The molecule has 7 heteroatoms. The topological polar surface area (TPSA) is 73.2 Å². The van der Waals surface area contributed by atoms with Gasteiger partial charge in [-0.25, -0.2) is 4.68 Å². The van der Waals surface area contributed by atoms with Gasteiger partial charge in [-0.1, -0.05) is 41.9 Å². The molecule has 0 radical (unpaired) electrons. The summed E-state index contributed by atoms with van der Waals surface area (Å²) >= 11 is 6.20. The van der Waals surface area contributed by atoms with Crippen molar-refractivity contribution in [1.29, 1.82) is 0 Å². The Kier molecular flexibility index (Phi) is 5.80. The van der Waals surface area contributed by atoms with Gasteiger partial charge in [0.25, 0.3) is 5.56 Å². The zero-order valence-corrected chi connectivity index (χ0v) is 16.6. The van der Waals surface area contributed by atoms with Gasteiger partial charge in [-0.15, -0.1) is 0 Å². The quantitative estimate of drug-likeness (QED) is 0.618. The van der Waals surface area contributed by atoms with Crippen LogP contribution in [0.5, 0.6) is 5.75 Å². The lowest BCUT2D eigenvalue weighted by Crippen LogP contribution is -2.28. The summed E-state index contributed by atoms with van der Waals surface area (Å²) in [6.07, 6.45) is 0. The van der Waals surface area contributed by atoms with Crippen LogP contribution in [-0.2, 0) is 6.54 Å². The van der Waals surface area contributed by atoms with Gasteiger partial charge in [0.05, 0.1) is 17.7 Å². The zero-order chi connectivity index (χ0) is 20.3. The van der Waals surface area contributed by atoms with Crippen LogP contribution in [0.25, 0.3) is 11.3 Å². The SMILES string of the molecule is CCn1nc(-c2ccccc2)c(C(C)=O)c(Nc2ccc(OC)c(Cl)c2)c1=O. The van der Waals surface area contributed by atoms with Crippen LogP contribution in [0.4, 0.5) is 11.4 Å². The van der Waals surface area contributed by atoms with Gasteiger partial charge in [-0.05, 0) is 32.0 Å². The summed E-state index contributed by atoms with van der Waals surface area (Å²) in [4.78, 5) is 25.4. The molecule has 0 saturated heterocycles. The number of ketones is 1. The number of hydrogen-bond acceptors (Lipinski definition) is 5. The van der Waals surface area contributed by atoms with Crippen LogP contribution in [0.3, 0.4) is 0 Å². The van der Waals surface area contributed by atoms with E-state index in [2.05, 4.69) is 10.4 Å². The largest absolute Gasteiger partial charge is 0.495 e. The molecule has 0 unspecified atom stereocenters. The first-order valence-corrected chi connectivity index (χ1v) is 9.16. The van der Waals surface area contributed by atoms with E-state index in [1.807, 2.05) is 37.3 Å². The van der Waals surface area contributed by atoms with Crippen molar-refractivity contribution in [3.05, 3.63) is 69.5 Å². The molecule has 1 N–H and O–H groups in total. The maximum Gasteiger partial charge on any atom is 0.291 e. The number of anilines is 2. The number of carbonyl (C=O) groups is 1. The molecule has 0 saturated carbocycles. The number of benzene rings is 2. The monoisotopic (exact) mass is 397 g/mol. The van der Waals surface area contributed by atoms with Crippen LogP contribution in [0.1, 0.15) is 24.2 Å². The zero-order valence-electron chi connectivity index (χ0n) is 15.8. The van der Waals surface area contributed by atoms with Crippen molar-refractivity contribution in [3.63, 3.8) is 0 Å². The molecule has 0 aliphatic rings. The summed E-state index contributed by atoms with van der Waals surface area (Å²) in [5, 5.41) is 7.89. The number of carbonyl (C=O) groups excluding carboxylic acids is 1. The van der Waals surface area contributed by atoms with Crippen LogP contribution in [0, 0.1) is 0 Å². The number of halogens is 1. The predicted molar refractivity (Wildman–Crippen MR) is 111 cm³/mol. The maximum absolute atomic E-state index is 12.9. The number of Topliss-reactive ketones (excluding diaryl/α,β-unsaturated/α-hetero) is 1. The molecular weight excluding hydrogens is 378 g/mol. The van der Waals surface area contributed by atoms with Crippen molar-refractivity contribution in [1.82, 2.24) is 9.78 Å². The second-order valence-corrected chi connectivity index (χ2v) is 6.52. The highest BCUT2D eigenvalue weighted by molar-refractivity contribution is 6.32. The van der Waals surface area contributed by atoms with Gasteiger partial charge in [0, 0.05) is 17.8 Å². The van der Waals surface area contributed by atoms with Crippen molar-refractivity contribution in [2.75, 3.05) is 12.4 Å². The molecule has 28 heavy (non-hydrogen) atoms. The van der Waals surface area contributed by atoms with Gasteiger partial charge < -0.3 is 10.1 Å². The smallest absolute Gasteiger partial charge is 0.291 e. The second kappa shape index (κ2) is 8.27. The molecule has 0 aliphatic heterocycles. The third kappa shape index (κ3) is 3.77. The van der Waals surface area contributed by atoms with Gasteiger partial charge in [0.15, 0.2) is 5.78 Å². The number of methoxy groups -OCH3 is 1. The van der Waals surface area contributed by atoms with E-state index in [-0.39, 0.29) is 22.6 Å². The van der Waals surface area contributed by atoms with Gasteiger partial charge in [0.2, 0.25) is 0 Å². The third-order valence-electron chi connectivity index (χ3n) is 4.28. The molecule has 1 heterocycles. The number of hydrogen-bond donors (Lipinski definition) is 1. The van der Waals surface area contributed by atoms with Crippen molar-refractivity contribution in [2.45, 2.75) is 20.4 Å². The van der Waals surface area contributed by atoms with E-state index in [0.717, 1.165) is 5.56 Å². The lowest BCUT2D eigenvalue weighted by atomic mass is 10.0. The van der Waals surface area contributed by atoms with E-state index in [1.165, 1.54) is 18.7 Å². The Morgan fingerprint density at radius 2 is 1.93 bits per heavy atom. The van der Waals surface area contributed by atoms with E-state index >= 15 is 0 Å². The van der Waals surface area contributed by atoms with Gasteiger partial charge in [0.1, 0.15) is 17.1 Å². The molecule has 1 aromatic heterocycles. The second-order valence-electron chi connectivity index (χ2n) is 6.12. The molecule has 0 fully saturated rings. The first-order valence-electron chi connectivity index (χ1n) is 8.78. The summed E-state index contributed by atoms with van der Waals surface area (Å²) in [6.45, 7) is 3.62. The van der Waals surface area contributed by atoms with Crippen molar-refractivity contribution in [3.8, 4) is 17.0 Å². The van der Waals surface area contributed by atoms with Crippen molar-refractivity contribution in [2.24, 2.45) is 0 Å². The van der Waals surface area contributed by atoms with Gasteiger partial charge in [-0.2, -0.15) is 5.10 Å². The van der Waals surface area contributed by atoms with Crippen LogP contribution in [0.2, 0.25) is 5.02 Å². The van der Waals surface area contributed by atoms with E-state index in [1.54, 1.807) is 18.2 Å². The fourth-order valence-corrected chi connectivity index (χ4v) is 3.19. The molecule has 0 aliphatic carbocycles. The summed E-state index contributed by atoms with van der Waals surface area (Å²) in [6, 6.07) is 14.4. The molecule has 0 spiro atoms. The Morgan fingerprint density at radius 3 is 2.50 bits per heavy atom. The van der Waals surface area contributed by atoms with Crippen LogP contribution in [0.15, 0.2) is 53.3 Å². The van der Waals surface area contributed by atoms with E-state index in [4.69, 9.17) is 16.3 Å². The fraction of sp³-hybridized carbons (Fsp3) is 0.190. The minimum atomic E-state index is -0.376. The van der Waals surface area contributed by atoms with Crippen LogP contribution < -0.4 is 15.6 Å².